The van der Waals surface area contributed by atoms with Crippen LogP contribution in [0.2, 0.25) is 0 Å². The van der Waals surface area contributed by atoms with Gasteiger partial charge in [-0.25, -0.2) is 9.69 Å². The van der Waals surface area contributed by atoms with Crippen LogP contribution in [0.15, 0.2) is 24.3 Å². The van der Waals surface area contributed by atoms with Crippen LogP contribution in [0, 0.1) is 5.92 Å². The number of nitrogens with zero attached hydrogens (tertiary/aromatic N) is 2. The third-order valence-electron chi connectivity index (χ3n) is 6.56. The highest BCUT2D eigenvalue weighted by Crippen LogP contribution is 2.38. The summed E-state index contributed by atoms with van der Waals surface area (Å²) in [5, 5.41) is 3.03. The Labute approximate surface area is 160 Å². The molecule has 1 unspecified atom stereocenters. The number of carbonyl (C=O) groups is 2. The van der Waals surface area contributed by atoms with Gasteiger partial charge < -0.3 is 10.1 Å². The van der Waals surface area contributed by atoms with Gasteiger partial charge in [-0.2, -0.15) is 0 Å². The van der Waals surface area contributed by atoms with Gasteiger partial charge in [0.05, 0.1) is 13.8 Å². The Hall–Kier alpha value is -2.08. The predicted molar refractivity (Wildman–Crippen MR) is 102 cm³/mol. The van der Waals surface area contributed by atoms with Crippen LogP contribution in [0.25, 0.3) is 0 Å². The average Bonchev–Trinajstić information content (AvgIpc) is 3.23. The zero-order valence-corrected chi connectivity index (χ0v) is 16.2. The predicted octanol–water partition coefficient (Wildman–Crippen LogP) is 3.29. The molecule has 1 aromatic rings. The summed E-state index contributed by atoms with van der Waals surface area (Å²) in [6, 6.07) is 8.11. The van der Waals surface area contributed by atoms with E-state index in [1.54, 1.807) is 7.11 Å². The Morgan fingerprint density at radius 2 is 1.85 bits per heavy atom. The molecule has 1 atom stereocenters. The summed E-state index contributed by atoms with van der Waals surface area (Å²) in [4.78, 5) is 29.4. The van der Waals surface area contributed by atoms with Crippen LogP contribution in [0.5, 0.6) is 5.75 Å². The average molecular weight is 371 g/mol. The van der Waals surface area contributed by atoms with Crippen LogP contribution < -0.4 is 10.1 Å². The minimum absolute atomic E-state index is 0.0280. The summed E-state index contributed by atoms with van der Waals surface area (Å²) in [6.07, 6.45) is 5.63. The Morgan fingerprint density at radius 1 is 1.15 bits per heavy atom. The quantitative estimate of drug-likeness (QED) is 0.825. The van der Waals surface area contributed by atoms with Gasteiger partial charge in [-0.05, 0) is 62.1 Å². The third kappa shape index (κ3) is 3.31. The highest BCUT2D eigenvalue weighted by Gasteiger charge is 2.52. The van der Waals surface area contributed by atoms with Crippen LogP contribution in [0.3, 0.4) is 0 Å². The van der Waals surface area contributed by atoms with Gasteiger partial charge >= 0.3 is 6.03 Å². The number of hydrogen-bond donors (Lipinski definition) is 1. The fraction of sp³-hybridized carbons (Fsp3) is 0.619. The Balaban J connectivity index is 1.47. The smallest absolute Gasteiger partial charge is 0.326 e. The van der Waals surface area contributed by atoms with Crippen LogP contribution in [0.4, 0.5) is 4.79 Å². The van der Waals surface area contributed by atoms with Crippen molar-refractivity contribution in [1.29, 1.82) is 0 Å². The standard InChI is InChI=1S/C21H29N3O3/c1-15-9-11-21(12-10-15)19(25)24(20(26)22-21)14-23-13-3-4-18(23)16-5-7-17(27-2)8-6-16/h5-8,15,18H,3-4,9-14H2,1-2H3,(H,22,26). The largest absolute Gasteiger partial charge is 0.497 e. The van der Waals surface area contributed by atoms with Crippen LogP contribution >= 0.6 is 0 Å². The van der Waals surface area contributed by atoms with E-state index in [0.717, 1.165) is 50.8 Å². The highest BCUT2D eigenvalue weighted by atomic mass is 16.5. The minimum atomic E-state index is -0.654. The van der Waals surface area contributed by atoms with E-state index in [1.807, 2.05) is 12.1 Å². The molecule has 2 saturated heterocycles. The monoisotopic (exact) mass is 371 g/mol. The van der Waals surface area contributed by atoms with Crippen molar-refractivity contribution in [3.05, 3.63) is 29.8 Å². The molecule has 3 fully saturated rings. The zero-order valence-electron chi connectivity index (χ0n) is 16.2. The number of imide groups is 1. The third-order valence-corrected chi connectivity index (χ3v) is 6.56. The molecule has 146 valence electrons. The second-order valence-corrected chi connectivity index (χ2v) is 8.31. The minimum Gasteiger partial charge on any atom is -0.497 e. The lowest BCUT2D eigenvalue weighted by atomic mass is 9.77. The first-order chi connectivity index (χ1) is 13.0. The number of nitrogens with one attached hydrogen (secondary N) is 1. The molecule has 1 aliphatic carbocycles. The molecule has 1 saturated carbocycles. The lowest BCUT2D eigenvalue weighted by molar-refractivity contribution is -0.134. The second-order valence-electron chi connectivity index (χ2n) is 8.31. The first-order valence-electron chi connectivity index (χ1n) is 10.0. The molecular weight excluding hydrogens is 342 g/mol. The molecular formula is C21H29N3O3. The van der Waals surface area contributed by atoms with E-state index >= 15 is 0 Å². The van der Waals surface area contributed by atoms with E-state index in [-0.39, 0.29) is 18.0 Å². The Morgan fingerprint density at radius 3 is 2.52 bits per heavy atom. The summed E-state index contributed by atoms with van der Waals surface area (Å²) >= 11 is 0. The van der Waals surface area contributed by atoms with E-state index in [9.17, 15) is 9.59 Å². The number of ether oxygens (including phenoxy) is 1. The topological polar surface area (TPSA) is 61.9 Å². The van der Waals surface area contributed by atoms with Gasteiger partial charge in [-0.3, -0.25) is 9.69 Å². The number of likely N-dealkylation sites (tertiary alicyclic amines) is 1. The van der Waals surface area contributed by atoms with Gasteiger partial charge in [0.15, 0.2) is 0 Å². The van der Waals surface area contributed by atoms with Crippen molar-refractivity contribution in [1.82, 2.24) is 15.1 Å². The molecule has 4 rings (SSSR count). The van der Waals surface area contributed by atoms with Crippen molar-refractivity contribution in [2.75, 3.05) is 20.3 Å². The molecule has 2 aliphatic heterocycles. The van der Waals surface area contributed by atoms with Crippen molar-refractivity contribution in [2.24, 2.45) is 5.92 Å². The van der Waals surface area contributed by atoms with Gasteiger partial charge in [0.1, 0.15) is 11.3 Å². The van der Waals surface area contributed by atoms with Gasteiger partial charge in [0, 0.05) is 12.6 Å². The summed E-state index contributed by atoms with van der Waals surface area (Å²) in [7, 11) is 1.66. The highest BCUT2D eigenvalue weighted by molar-refractivity contribution is 6.07. The summed E-state index contributed by atoms with van der Waals surface area (Å²) < 4.78 is 5.25. The molecule has 1 N–H and O–H groups in total. The molecule has 0 bridgehead atoms. The first kappa shape index (κ1) is 18.3. The second kappa shape index (κ2) is 7.15. The molecule has 1 spiro atoms. The SMILES string of the molecule is COc1ccc(C2CCCN2CN2C(=O)NC3(CCC(C)CC3)C2=O)cc1. The molecule has 27 heavy (non-hydrogen) atoms. The Bertz CT molecular complexity index is 710. The number of amides is 3. The maximum absolute atomic E-state index is 13.1. The molecule has 1 aromatic carbocycles. The number of carbonyl (C=O) groups excluding carboxylic acids is 2. The van der Waals surface area contributed by atoms with Gasteiger partial charge in [-0.15, -0.1) is 0 Å². The van der Waals surface area contributed by atoms with Crippen LogP contribution in [-0.4, -0.2) is 47.6 Å². The fourth-order valence-electron chi connectivity index (χ4n) is 4.78. The molecule has 6 heteroatoms. The number of hydrogen-bond acceptors (Lipinski definition) is 4. The molecule has 3 amide bonds. The molecule has 2 heterocycles. The summed E-state index contributed by atoms with van der Waals surface area (Å²) in [5.74, 6) is 1.44. The van der Waals surface area contributed by atoms with E-state index < -0.39 is 5.54 Å². The maximum atomic E-state index is 13.1. The van der Waals surface area contributed by atoms with Gasteiger partial charge in [0.25, 0.3) is 5.91 Å². The lowest BCUT2D eigenvalue weighted by Crippen LogP contribution is -2.50. The molecule has 0 radical (unpaired) electrons. The number of benzene rings is 1. The fourth-order valence-corrected chi connectivity index (χ4v) is 4.78. The van der Waals surface area contributed by atoms with Crippen molar-refractivity contribution in [2.45, 2.75) is 57.0 Å². The van der Waals surface area contributed by atoms with Crippen LogP contribution in [-0.2, 0) is 4.79 Å². The molecule has 6 nitrogen and oxygen atoms in total. The molecule has 3 aliphatic rings. The van der Waals surface area contributed by atoms with Crippen molar-refractivity contribution < 1.29 is 14.3 Å². The lowest BCUT2D eigenvalue weighted by Gasteiger charge is -2.34. The van der Waals surface area contributed by atoms with Gasteiger partial charge in [-0.1, -0.05) is 19.1 Å². The number of rotatable bonds is 4. The van der Waals surface area contributed by atoms with E-state index in [0.29, 0.717) is 12.6 Å². The maximum Gasteiger partial charge on any atom is 0.326 e. The Kier molecular flexibility index (Phi) is 4.84. The van der Waals surface area contributed by atoms with Crippen molar-refractivity contribution in [3.8, 4) is 5.75 Å². The first-order valence-corrected chi connectivity index (χ1v) is 10.0. The van der Waals surface area contributed by atoms with E-state index in [2.05, 4.69) is 29.3 Å². The van der Waals surface area contributed by atoms with Crippen molar-refractivity contribution in [3.63, 3.8) is 0 Å². The molecule has 0 aromatic heterocycles. The normalized spacial score (nSPS) is 31.6. The van der Waals surface area contributed by atoms with Crippen LogP contribution in [0.1, 0.15) is 57.1 Å². The number of methoxy groups -OCH3 is 1. The number of urea groups is 1. The summed E-state index contributed by atoms with van der Waals surface area (Å²) in [5.41, 5.74) is 0.556. The van der Waals surface area contributed by atoms with E-state index in [4.69, 9.17) is 4.74 Å². The zero-order chi connectivity index (χ0) is 19.0. The van der Waals surface area contributed by atoms with E-state index in [1.165, 1.54) is 10.5 Å². The van der Waals surface area contributed by atoms with Crippen molar-refractivity contribution >= 4 is 11.9 Å². The summed E-state index contributed by atoms with van der Waals surface area (Å²) in [6.45, 7) is 3.49. The van der Waals surface area contributed by atoms with Gasteiger partial charge in [0.2, 0.25) is 0 Å².